The van der Waals surface area contributed by atoms with Gasteiger partial charge in [-0.3, -0.25) is 4.79 Å². The highest BCUT2D eigenvalue weighted by molar-refractivity contribution is 7.92. The maximum atomic E-state index is 12.8. The molecule has 1 aliphatic rings. The van der Waals surface area contributed by atoms with Crippen molar-refractivity contribution in [2.24, 2.45) is 0 Å². The topological polar surface area (TPSA) is 54.5 Å². The lowest BCUT2D eigenvalue weighted by atomic mass is 10.0. The molecule has 0 aliphatic carbocycles. The van der Waals surface area contributed by atoms with E-state index in [1.807, 2.05) is 13.0 Å². The molecule has 0 saturated carbocycles. The van der Waals surface area contributed by atoms with Crippen LogP contribution < -0.4 is 0 Å². The SMILES string of the molecule is CC1CCCCN1C(=O)CS(=O)(=O)c1ccc(Cl)c2ccccc12. The Morgan fingerprint density at radius 1 is 1.17 bits per heavy atom. The average Bonchev–Trinajstić information content (AvgIpc) is 2.55. The molecule has 1 heterocycles. The van der Waals surface area contributed by atoms with E-state index in [-0.39, 0.29) is 16.8 Å². The number of sulfone groups is 1. The second-order valence-corrected chi connectivity index (χ2v) is 8.65. The van der Waals surface area contributed by atoms with Crippen LogP contribution in [0, 0.1) is 0 Å². The molecular weight excluding hydrogens is 346 g/mol. The molecular formula is C18H20ClNO3S. The normalized spacial score (nSPS) is 18.8. The molecule has 0 bridgehead atoms. The minimum Gasteiger partial charge on any atom is -0.339 e. The van der Waals surface area contributed by atoms with Crippen molar-refractivity contribution >= 4 is 38.1 Å². The molecule has 1 saturated heterocycles. The van der Waals surface area contributed by atoms with Gasteiger partial charge in [0.1, 0.15) is 5.75 Å². The van der Waals surface area contributed by atoms with Crippen molar-refractivity contribution in [3.63, 3.8) is 0 Å². The average molecular weight is 366 g/mol. The number of fused-ring (bicyclic) bond motifs is 1. The van der Waals surface area contributed by atoms with Crippen molar-refractivity contribution in [2.45, 2.75) is 37.1 Å². The number of benzene rings is 2. The van der Waals surface area contributed by atoms with Gasteiger partial charge in [0.2, 0.25) is 5.91 Å². The van der Waals surface area contributed by atoms with Gasteiger partial charge in [0.15, 0.2) is 9.84 Å². The summed E-state index contributed by atoms with van der Waals surface area (Å²) in [4.78, 5) is 14.4. The van der Waals surface area contributed by atoms with Crippen LogP contribution >= 0.6 is 11.6 Å². The highest BCUT2D eigenvalue weighted by atomic mass is 35.5. The molecule has 24 heavy (non-hydrogen) atoms. The summed E-state index contributed by atoms with van der Waals surface area (Å²) in [6.45, 7) is 2.61. The largest absolute Gasteiger partial charge is 0.339 e. The number of hydrogen-bond donors (Lipinski definition) is 0. The molecule has 1 unspecified atom stereocenters. The van der Waals surface area contributed by atoms with Crippen molar-refractivity contribution in [1.82, 2.24) is 4.90 Å². The van der Waals surface area contributed by atoms with Crippen LogP contribution in [0.5, 0.6) is 0 Å². The van der Waals surface area contributed by atoms with Gasteiger partial charge in [-0.25, -0.2) is 8.42 Å². The van der Waals surface area contributed by atoms with E-state index in [0.29, 0.717) is 22.3 Å². The molecule has 2 aromatic rings. The minimum absolute atomic E-state index is 0.100. The molecule has 128 valence electrons. The third-order valence-corrected chi connectivity index (χ3v) is 6.59. The van der Waals surface area contributed by atoms with E-state index < -0.39 is 15.6 Å². The predicted molar refractivity (Wildman–Crippen MR) is 96.0 cm³/mol. The molecule has 1 fully saturated rings. The summed E-state index contributed by atoms with van der Waals surface area (Å²) >= 11 is 6.16. The number of piperidine rings is 1. The van der Waals surface area contributed by atoms with Crippen LogP contribution in [0.4, 0.5) is 0 Å². The van der Waals surface area contributed by atoms with Crippen molar-refractivity contribution in [3.8, 4) is 0 Å². The number of halogens is 1. The first kappa shape index (κ1) is 17.2. The molecule has 2 aromatic carbocycles. The zero-order valence-electron chi connectivity index (χ0n) is 13.5. The van der Waals surface area contributed by atoms with E-state index in [2.05, 4.69) is 0 Å². The van der Waals surface area contributed by atoms with Crippen LogP contribution in [-0.2, 0) is 14.6 Å². The molecule has 1 amide bonds. The number of carbonyl (C=O) groups excluding carboxylic acids is 1. The third kappa shape index (κ3) is 3.28. The fraction of sp³-hybridized carbons (Fsp3) is 0.389. The molecule has 1 atom stereocenters. The fourth-order valence-corrected chi connectivity index (χ4v) is 4.96. The van der Waals surface area contributed by atoms with Gasteiger partial charge < -0.3 is 4.90 Å². The van der Waals surface area contributed by atoms with Crippen molar-refractivity contribution in [1.29, 1.82) is 0 Å². The highest BCUT2D eigenvalue weighted by Crippen LogP contribution is 2.30. The van der Waals surface area contributed by atoms with E-state index >= 15 is 0 Å². The summed E-state index contributed by atoms with van der Waals surface area (Å²) in [5.74, 6) is -0.815. The lowest BCUT2D eigenvalue weighted by molar-refractivity contribution is -0.131. The molecule has 0 N–H and O–H groups in total. The monoisotopic (exact) mass is 365 g/mol. The maximum absolute atomic E-state index is 12.8. The number of nitrogens with zero attached hydrogens (tertiary/aromatic N) is 1. The molecule has 0 radical (unpaired) electrons. The van der Waals surface area contributed by atoms with Crippen molar-refractivity contribution in [3.05, 3.63) is 41.4 Å². The molecule has 3 rings (SSSR count). The highest BCUT2D eigenvalue weighted by Gasteiger charge is 2.29. The van der Waals surface area contributed by atoms with Crippen LogP contribution in [0.25, 0.3) is 10.8 Å². The zero-order chi connectivity index (χ0) is 17.3. The summed E-state index contributed by atoms with van der Waals surface area (Å²) in [5, 5.41) is 1.74. The van der Waals surface area contributed by atoms with E-state index in [4.69, 9.17) is 11.6 Å². The van der Waals surface area contributed by atoms with Gasteiger partial charge in [-0.05, 0) is 38.3 Å². The second-order valence-electron chi connectivity index (χ2n) is 6.28. The van der Waals surface area contributed by atoms with E-state index in [1.54, 1.807) is 29.2 Å². The van der Waals surface area contributed by atoms with Crippen molar-refractivity contribution in [2.75, 3.05) is 12.3 Å². The Kier molecular flexibility index (Phi) is 4.83. The molecule has 0 spiro atoms. The summed E-state index contributed by atoms with van der Waals surface area (Å²) in [6.07, 6.45) is 2.94. The summed E-state index contributed by atoms with van der Waals surface area (Å²) in [7, 11) is -3.73. The van der Waals surface area contributed by atoms with Crippen LogP contribution in [0.2, 0.25) is 5.02 Å². The third-order valence-electron chi connectivity index (χ3n) is 4.60. The quantitative estimate of drug-likeness (QED) is 0.833. The lowest BCUT2D eigenvalue weighted by Gasteiger charge is -2.33. The Morgan fingerprint density at radius 2 is 1.88 bits per heavy atom. The lowest BCUT2D eigenvalue weighted by Crippen LogP contribution is -2.44. The first-order chi connectivity index (χ1) is 11.4. The Hall–Kier alpha value is -1.59. The van der Waals surface area contributed by atoms with Gasteiger partial charge in [-0.1, -0.05) is 35.9 Å². The summed E-state index contributed by atoms with van der Waals surface area (Å²) < 4.78 is 25.7. The van der Waals surface area contributed by atoms with Crippen LogP contribution in [-0.4, -0.2) is 37.6 Å². The zero-order valence-corrected chi connectivity index (χ0v) is 15.1. The molecule has 0 aromatic heterocycles. The summed E-state index contributed by atoms with van der Waals surface area (Å²) in [6, 6.07) is 10.3. The smallest absolute Gasteiger partial charge is 0.238 e. The van der Waals surface area contributed by atoms with E-state index in [1.165, 1.54) is 6.07 Å². The Balaban J connectivity index is 1.94. The standard InChI is InChI=1S/C18H20ClNO3S/c1-13-6-4-5-11-20(13)18(21)12-24(22,23)17-10-9-16(19)14-7-2-3-8-15(14)17/h2-3,7-10,13H,4-6,11-12H2,1H3. The first-order valence-corrected chi connectivity index (χ1v) is 10.1. The van der Waals surface area contributed by atoms with Crippen LogP contribution in [0.3, 0.4) is 0 Å². The van der Waals surface area contributed by atoms with E-state index in [9.17, 15) is 13.2 Å². The molecule has 6 heteroatoms. The Bertz CT molecular complexity index is 879. The molecule has 1 aliphatic heterocycles. The van der Waals surface area contributed by atoms with E-state index in [0.717, 1.165) is 19.3 Å². The number of hydrogen-bond acceptors (Lipinski definition) is 3. The first-order valence-electron chi connectivity index (χ1n) is 8.09. The van der Waals surface area contributed by atoms with Crippen LogP contribution in [0.15, 0.2) is 41.3 Å². The van der Waals surface area contributed by atoms with Gasteiger partial charge in [0, 0.05) is 28.4 Å². The predicted octanol–water partition coefficient (Wildman–Crippen LogP) is 3.67. The maximum Gasteiger partial charge on any atom is 0.238 e. The molecule has 4 nitrogen and oxygen atoms in total. The van der Waals surface area contributed by atoms with Gasteiger partial charge in [0.05, 0.1) is 4.90 Å². The number of amides is 1. The fourth-order valence-electron chi connectivity index (χ4n) is 3.30. The number of likely N-dealkylation sites (tertiary alicyclic amines) is 1. The number of carbonyl (C=O) groups is 1. The minimum atomic E-state index is -3.73. The van der Waals surface area contributed by atoms with Crippen molar-refractivity contribution < 1.29 is 13.2 Å². The Labute approximate surface area is 147 Å². The van der Waals surface area contributed by atoms with Gasteiger partial charge in [-0.15, -0.1) is 0 Å². The van der Waals surface area contributed by atoms with Crippen LogP contribution in [0.1, 0.15) is 26.2 Å². The van der Waals surface area contributed by atoms with Gasteiger partial charge in [0.25, 0.3) is 0 Å². The van der Waals surface area contributed by atoms with Gasteiger partial charge in [-0.2, -0.15) is 0 Å². The summed E-state index contributed by atoms with van der Waals surface area (Å²) in [5.41, 5.74) is 0. The second kappa shape index (κ2) is 6.73. The van der Waals surface area contributed by atoms with Gasteiger partial charge >= 0.3 is 0 Å². The number of rotatable bonds is 3. The Morgan fingerprint density at radius 3 is 2.58 bits per heavy atom.